The number of carboxylic acids is 1. The van der Waals surface area contributed by atoms with E-state index in [0.717, 1.165) is 12.8 Å². The average Bonchev–Trinajstić information content (AvgIpc) is 3.42. The van der Waals surface area contributed by atoms with Gasteiger partial charge in [-0.15, -0.1) is 0 Å². The Bertz CT molecular complexity index is 1060. The van der Waals surface area contributed by atoms with E-state index < -0.39 is 12.0 Å². The van der Waals surface area contributed by atoms with Crippen molar-refractivity contribution in [3.8, 4) is 17.3 Å². The zero-order valence-electron chi connectivity index (χ0n) is 16.7. The van der Waals surface area contributed by atoms with E-state index in [4.69, 9.17) is 9.26 Å². The van der Waals surface area contributed by atoms with Crippen LogP contribution in [0.25, 0.3) is 11.6 Å². The average molecular weight is 494 g/mol. The summed E-state index contributed by atoms with van der Waals surface area (Å²) in [7, 11) is 0. The molecule has 1 atom stereocenters. The molecule has 0 amide bonds. The maximum Gasteiger partial charge on any atom is 0.328 e. The minimum Gasteiger partial charge on any atom is -0.489 e. The van der Waals surface area contributed by atoms with Crippen molar-refractivity contribution in [1.29, 1.82) is 0 Å². The van der Waals surface area contributed by atoms with Crippen LogP contribution < -0.4 is 9.64 Å². The molecule has 1 N–H and O–H groups in total. The van der Waals surface area contributed by atoms with Gasteiger partial charge in [-0.1, -0.05) is 6.92 Å². The normalized spacial score (nSPS) is 15.8. The van der Waals surface area contributed by atoms with Crippen molar-refractivity contribution >= 4 is 27.8 Å². The fraction of sp³-hybridized carbons (Fsp3) is 0.400. The Morgan fingerprint density at radius 3 is 2.87 bits per heavy atom. The number of halogens is 2. The lowest BCUT2D eigenvalue weighted by molar-refractivity contribution is -0.141. The highest BCUT2D eigenvalue weighted by atomic mass is 79.9. The van der Waals surface area contributed by atoms with Crippen LogP contribution in [-0.4, -0.2) is 50.2 Å². The van der Waals surface area contributed by atoms with E-state index in [1.54, 1.807) is 25.3 Å². The van der Waals surface area contributed by atoms with Crippen LogP contribution in [0.2, 0.25) is 0 Å². The minimum atomic E-state index is -0.946. The highest BCUT2D eigenvalue weighted by molar-refractivity contribution is 9.10. The van der Waals surface area contributed by atoms with Gasteiger partial charge in [-0.25, -0.2) is 9.18 Å². The first-order valence-corrected chi connectivity index (χ1v) is 10.7. The summed E-state index contributed by atoms with van der Waals surface area (Å²) in [6, 6.07) is 5.28. The van der Waals surface area contributed by atoms with Crippen LogP contribution in [0.5, 0.6) is 5.75 Å². The van der Waals surface area contributed by atoms with Crippen LogP contribution in [0, 0.1) is 5.82 Å². The number of nitrogens with zero attached hydrogens (tertiary/aromatic N) is 5. The quantitative estimate of drug-likeness (QED) is 0.527. The molecular formula is C20H21BrFN5O4. The second kappa shape index (κ2) is 9.04. The van der Waals surface area contributed by atoms with Gasteiger partial charge in [-0.2, -0.15) is 10.1 Å². The number of carbonyl (C=O) groups is 1. The molecule has 1 aliphatic heterocycles. The molecule has 31 heavy (non-hydrogen) atoms. The van der Waals surface area contributed by atoms with Crippen molar-refractivity contribution in [3.63, 3.8) is 0 Å². The molecule has 1 aromatic carbocycles. The fourth-order valence-corrected chi connectivity index (χ4v) is 3.81. The molecule has 1 saturated heterocycles. The number of piperidine rings is 1. The molecule has 0 saturated carbocycles. The van der Waals surface area contributed by atoms with Gasteiger partial charge in [-0.05, 0) is 45.7 Å². The summed E-state index contributed by atoms with van der Waals surface area (Å²) in [4.78, 5) is 17.7. The third-order valence-corrected chi connectivity index (χ3v) is 5.80. The highest BCUT2D eigenvalue weighted by Gasteiger charge is 2.26. The molecule has 4 rings (SSSR count). The van der Waals surface area contributed by atoms with Gasteiger partial charge >= 0.3 is 5.97 Å². The third-order valence-electron chi connectivity index (χ3n) is 5.15. The van der Waals surface area contributed by atoms with Crippen LogP contribution in [-0.2, 0) is 4.79 Å². The first kappa shape index (κ1) is 21.3. The van der Waals surface area contributed by atoms with Gasteiger partial charge in [0.25, 0.3) is 11.8 Å². The van der Waals surface area contributed by atoms with E-state index in [1.807, 2.05) is 4.90 Å². The van der Waals surface area contributed by atoms with E-state index in [1.165, 1.54) is 16.8 Å². The monoisotopic (exact) mass is 493 g/mol. The van der Waals surface area contributed by atoms with Crippen LogP contribution in [0.15, 0.2) is 39.5 Å². The Hall–Kier alpha value is -2.95. The Labute approximate surface area is 185 Å². The number of ether oxygens (including phenoxy) is 1. The van der Waals surface area contributed by atoms with Crippen molar-refractivity contribution in [2.75, 3.05) is 18.0 Å². The lowest BCUT2D eigenvalue weighted by Crippen LogP contribution is -2.38. The van der Waals surface area contributed by atoms with Gasteiger partial charge in [-0.3, -0.25) is 4.68 Å². The van der Waals surface area contributed by atoms with Gasteiger partial charge in [0.05, 0.1) is 4.47 Å². The summed E-state index contributed by atoms with van der Waals surface area (Å²) >= 11 is 3.38. The third kappa shape index (κ3) is 4.71. The van der Waals surface area contributed by atoms with Gasteiger partial charge in [0.1, 0.15) is 23.7 Å². The summed E-state index contributed by atoms with van der Waals surface area (Å²) in [6.45, 7) is 3.09. The number of aliphatic carboxylic acids is 1. The maximum atomic E-state index is 13.5. The molecule has 1 fully saturated rings. The second-order valence-electron chi connectivity index (χ2n) is 7.22. The fourth-order valence-electron chi connectivity index (χ4n) is 3.47. The molecule has 3 aromatic rings. The Balaban J connectivity index is 1.38. The molecular weight excluding hydrogens is 473 g/mol. The van der Waals surface area contributed by atoms with E-state index in [2.05, 4.69) is 31.2 Å². The number of carboxylic acid groups (broad SMARTS) is 1. The molecule has 0 spiro atoms. The summed E-state index contributed by atoms with van der Waals surface area (Å²) in [6.07, 6.45) is 3.40. The predicted octanol–water partition coefficient (Wildman–Crippen LogP) is 3.92. The number of rotatable bonds is 7. The molecule has 1 aliphatic rings. The van der Waals surface area contributed by atoms with Crippen molar-refractivity contribution in [3.05, 3.63) is 40.8 Å². The predicted molar refractivity (Wildman–Crippen MR) is 112 cm³/mol. The molecule has 3 heterocycles. The number of anilines is 1. The smallest absolute Gasteiger partial charge is 0.328 e. The molecule has 0 radical (unpaired) electrons. The first-order valence-electron chi connectivity index (χ1n) is 9.93. The van der Waals surface area contributed by atoms with Gasteiger partial charge < -0.3 is 19.3 Å². The SMILES string of the molecule is CCC(C(=O)O)n1ccc(-c2nc(N3CCC(Oc4cc(F)ccc4Br)CC3)no2)n1. The number of hydrogen-bond acceptors (Lipinski definition) is 7. The van der Waals surface area contributed by atoms with Crippen molar-refractivity contribution in [1.82, 2.24) is 19.9 Å². The number of hydrogen-bond donors (Lipinski definition) is 1. The summed E-state index contributed by atoms with van der Waals surface area (Å²) < 4.78 is 26.8. The molecule has 1 unspecified atom stereocenters. The van der Waals surface area contributed by atoms with Gasteiger partial charge in [0.2, 0.25) is 0 Å². The van der Waals surface area contributed by atoms with Gasteiger partial charge in [0.15, 0.2) is 5.69 Å². The molecule has 11 heteroatoms. The van der Waals surface area contributed by atoms with Crippen LogP contribution in [0.3, 0.4) is 0 Å². The Morgan fingerprint density at radius 2 is 2.16 bits per heavy atom. The summed E-state index contributed by atoms with van der Waals surface area (Å²) in [5.41, 5.74) is 0.424. The first-order chi connectivity index (χ1) is 14.9. The minimum absolute atomic E-state index is 0.0431. The Kier molecular flexibility index (Phi) is 6.21. The number of aromatic nitrogens is 4. The topological polar surface area (TPSA) is 107 Å². The molecule has 164 valence electrons. The Morgan fingerprint density at radius 1 is 1.39 bits per heavy atom. The van der Waals surface area contributed by atoms with Crippen molar-refractivity contribution < 1.29 is 23.6 Å². The molecule has 0 aliphatic carbocycles. The zero-order chi connectivity index (χ0) is 22.0. The molecule has 2 aromatic heterocycles. The summed E-state index contributed by atoms with van der Waals surface area (Å²) in [5, 5.41) is 17.6. The van der Waals surface area contributed by atoms with Crippen molar-refractivity contribution in [2.45, 2.75) is 38.3 Å². The molecule has 9 nitrogen and oxygen atoms in total. The largest absolute Gasteiger partial charge is 0.489 e. The second-order valence-corrected chi connectivity index (χ2v) is 8.08. The standard InChI is InChI=1S/C20H21BrFN5O4/c1-2-16(19(28)29)27-10-7-15(24-27)18-23-20(25-31-18)26-8-5-13(6-9-26)30-17-11-12(22)3-4-14(17)21/h3-4,7,10-11,13,16H,2,5-6,8-9H2,1H3,(H,28,29). The van der Waals surface area contributed by atoms with Crippen molar-refractivity contribution in [2.24, 2.45) is 0 Å². The number of benzene rings is 1. The van der Waals surface area contributed by atoms with Crippen LogP contribution in [0.1, 0.15) is 32.2 Å². The van der Waals surface area contributed by atoms with Crippen LogP contribution >= 0.6 is 15.9 Å². The zero-order valence-corrected chi connectivity index (χ0v) is 18.3. The van der Waals surface area contributed by atoms with E-state index >= 15 is 0 Å². The van der Waals surface area contributed by atoms with E-state index in [0.29, 0.717) is 41.4 Å². The van der Waals surface area contributed by atoms with E-state index in [9.17, 15) is 14.3 Å². The maximum absolute atomic E-state index is 13.5. The highest BCUT2D eigenvalue weighted by Crippen LogP contribution is 2.29. The van der Waals surface area contributed by atoms with Crippen LogP contribution in [0.4, 0.5) is 10.3 Å². The lowest BCUT2D eigenvalue weighted by Gasteiger charge is -2.31. The lowest BCUT2D eigenvalue weighted by atomic mass is 10.1. The summed E-state index contributed by atoms with van der Waals surface area (Å²) in [5.74, 6) is -0.122. The van der Waals surface area contributed by atoms with Gasteiger partial charge in [0, 0.05) is 38.2 Å². The van der Waals surface area contributed by atoms with E-state index in [-0.39, 0.29) is 17.8 Å². The molecule has 0 bridgehead atoms.